The lowest BCUT2D eigenvalue weighted by Crippen LogP contribution is -2.11. The molecule has 2 aromatic heterocycles. The molecule has 0 fully saturated rings. The molecule has 0 radical (unpaired) electrons. The fourth-order valence-electron chi connectivity index (χ4n) is 1.72. The minimum Gasteiger partial charge on any atom is -0.357 e. The maximum Gasteiger partial charge on any atom is 0.332 e. The zero-order valence-corrected chi connectivity index (χ0v) is 11.6. The van der Waals surface area contributed by atoms with Crippen LogP contribution in [0.25, 0.3) is 0 Å². The molecule has 10 heteroatoms. The van der Waals surface area contributed by atoms with Gasteiger partial charge in [-0.3, -0.25) is 10.1 Å². The molecule has 0 aromatic carbocycles. The second-order valence-corrected chi connectivity index (χ2v) is 4.26. The largest absolute Gasteiger partial charge is 0.357 e. The van der Waals surface area contributed by atoms with Crippen molar-refractivity contribution in [1.29, 1.82) is 0 Å². The van der Waals surface area contributed by atoms with Gasteiger partial charge in [-0.1, -0.05) is 0 Å². The van der Waals surface area contributed by atoms with E-state index in [0.717, 1.165) is 0 Å². The van der Waals surface area contributed by atoms with Gasteiger partial charge in [0.05, 0.1) is 11.5 Å². The first-order valence-corrected chi connectivity index (χ1v) is 6.19. The summed E-state index contributed by atoms with van der Waals surface area (Å²) >= 11 is 5.73. The minimum absolute atomic E-state index is 0.0486. The van der Waals surface area contributed by atoms with Crippen LogP contribution in [0.15, 0.2) is 6.33 Å². The van der Waals surface area contributed by atoms with Crippen LogP contribution in [-0.2, 0) is 13.1 Å². The summed E-state index contributed by atoms with van der Waals surface area (Å²) in [7, 11) is 0. The molecule has 0 saturated heterocycles. The summed E-state index contributed by atoms with van der Waals surface area (Å²) in [5, 5.41) is 21.6. The Labute approximate surface area is 119 Å². The Hall–Kier alpha value is -2.29. The lowest BCUT2D eigenvalue weighted by atomic mass is 10.3. The number of nitro groups is 1. The fourth-order valence-corrected chi connectivity index (χ4v) is 1.93. The lowest BCUT2D eigenvalue weighted by Gasteiger charge is -2.08. The Morgan fingerprint density at radius 3 is 2.90 bits per heavy atom. The molecule has 20 heavy (non-hydrogen) atoms. The van der Waals surface area contributed by atoms with E-state index in [1.807, 2.05) is 11.5 Å². The second kappa shape index (κ2) is 5.78. The molecular weight excluding hydrogens is 286 g/mol. The van der Waals surface area contributed by atoms with Crippen molar-refractivity contribution in [3.8, 4) is 0 Å². The molecule has 2 aromatic rings. The van der Waals surface area contributed by atoms with Crippen LogP contribution in [0.3, 0.4) is 0 Å². The van der Waals surface area contributed by atoms with Crippen LogP contribution in [0.4, 0.5) is 11.5 Å². The topological polar surface area (TPSA) is 112 Å². The first-order chi connectivity index (χ1) is 9.52. The van der Waals surface area contributed by atoms with Gasteiger partial charge >= 0.3 is 5.69 Å². The van der Waals surface area contributed by atoms with Crippen molar-refractivity contribution in [1.82, 2.24) is 24.7 Å². The number of nitrogens with one attached hydrogen (secondary N) is 1. The van der Waals surface area contributed by atoms with E-state index in [1.54, 1.807) is 6.33 Å². The number of anilines is 1. The van der Waals surface area contributed by atoms with Crippen molar-refractivity contribution in [2.45, 2.75) is 26.9 Å². The first-order valence-electron chi connectivity index (χ1n) is 5.82. The molecule has 2 rings (SSSR count). The van der Waals surface area contributed by atoms with Gasteiger partial charge in [-0.15, -0.1) is 10.2 Å². The van der Waals surface area contributed by atoms with Crippen molar-refractivity contribution in [3.05, 3.63) is 33.2 Å². The number of halogens is 1. The molecule has 0 aliphatic rings. The van der Waals surface area contributed by atoms with Crippen molar-refractivity contribution >= 4 is 23.1 Å². The predicted octanol–water partition coefficient (Wildman–Crippen LogP) is 1.57. The lowest BCUT2D eigenvalue weighted by molar-refractivity contribution is -0.385. The summed E-state index contributed by atoms with van der Waals surface area (Å²) in [6.07, 6.45) is 1.59. The van der Waals surface area contributed by atoms with Crippen LogP contribution in [0.2, 0.25) is 5.28 Å². The summed E-state index contributed by atoms with van der Waals surface area (Å²) in [4.78, 5) is 18.1. The Morgan fingerprint density at radius 1 is 1.50 bits per heavy atom. The van der Waals surface area contributed by atoms with E-state index in [1.165, 1.54) is 6.92 Å². The molecule has 0 aliphatic carbocycles. The van der Waals surface area contributed by atoms with Gasteiger partial charge in [-0.05, 0) is 25.4 Å². The third-order valence-corrected chi connectivity index (χ3v) is 2.83. The number of aryl methyl sites for hydroxylation is 2. The smallest absolute Gasteiger partial charge is 0.332 e. The number of nitrogens with zero attached hydrogens (tertiary/aromatic N) is 6. The molecule has 0 amide bonds. The van der Waals surface area contributed by atoms with E-state index in [0.29, 0.717) is 12.4 Å². The minimum atomic E-state index is -0.543. The Morgan fingerprint density at radius 2 is 2.25 bits per heavy atom. The van der Waals surface area contributed by atoms with E-state index in [2.05, 4.69) is 25.5 Å². The summed E-state index contributed by atoms with van der Waals surface area (Å²) in [5.74, 6) is 0.715. The van der Waals surface area contributed by atoms with Crippen molar-refractivity contribution in [3.63, 3.8) is 0 Å². The van der Waals surface area contributed by atoms with Crippen molar-refractivity contribution in [2.24, 2.45) is 0 Å². The average molecular weight is 298 g/mol. The van der Waals surface area contributed by atoms with E-state index in [4.69, 9.17) is 11.6 Å². The molecule has 0 atom stereocenters. The molecule has 0 saturated carbocycles. The monoisotopic (exact) mass is 297 g/mol. The van der Waals surface area contributed by atoms with Gasteiger partial charge < -0.3 is 9.88 Å². The quantitative estimate of drug-likeness (QED) is 0.506. The molecular formula is C10H12ClN7O2. The normalized spacial score (nSPS) is 10.6. The summed E-state index contributed by atoms with van der Waals surface area (Å²) < 4.78 is 1.81. The number of hydrogen-bond donors (Lipinski definition) is 1. The third kappa shape index (κ3) is 2.82. The molecule has 106 valence electrons. The van der Waals surface area contributed by atoms with Gasteiger partial charge in [-0.25, -0.2) is 4.98 Å². The summed E-state index contributed by atoms with van der Waals surface area (Å²) in [6, 6.07) is 0. The first kappa shape index (κ1) is 14.1. The zero-order chi connectivity index (χ0) is 14.7. The van der Waals surface area contributed by atoms with Gasteiger partial charge in [0.25, 0.3) is 0 Å². The Kier molecular flexibility index (Phi) is 4.08. The van der Waals surface area contributed by atoms with E-state index >= 15 is 0 Å². The average Bonchev–Trinajstić information content (AvgIpc) is 2.82. The molecule has 0 aliphatic heterocycles. The summed E-state index contributed by atoms with van der Waals surface area (Å²) in [6.45, 7) is 4.41. The fraction of sp³-hybridized carbons (Fsp3) is 0.400. The second-order valence-electron chi connectivity index (χ2n) is 3.92. The molecule has 9 nitrogen and oxygen atoms in total. The van der Waals surface area contributed by atoms with Gasteiger partial charge in [-0.2, -0.15) is 4.98 Å². The van der Waals surface area contributed by atoms with Crippen molar-refractivity contribution in [2.75, 3.05) is 5.32 Å². The highest BCUT2D eigenvalue weighted by Gasteiger charge is 2.21. The van der Waals surface area contributed by atoms with Crippen LogP contribution in [0.5, 0.6) is 0 Å². The molecule has 0 unspecified atom stereocenters. The highest BCUT2D eigenvalue weighted by Crippen LogP contribution is 2.26. The van der Waals surface area contributed by atoms with E-state index < -0.39 is 4.92 Å². The molecule has 2 heterocycles. The molecule has 0 spiro atoms. The van der Waals surface area contributed by atoms with Crippen LogP contribution >= 0.6 is 11.6 Å². The van der Waals surface area contributed by atoms with Crippen LogP contribution in [-0.4, -0.2) is 29.7 Å². The standard InChI is InChI=1S/C10H12ClN7O2/c1-3-17-5-13-16-7(17)4-12-9-8(18(19)20)6(2)14-10(11)15-9/h5H,3-4H2,1-2H3,(H,12,14,15). The molecule has 0 bridgehead atoms. The number of hydrogen-bond acceptors (Lipinski definition) is 7. The van der Waals surface area contributed by atoms with Crippen molar-refractivity contribution < 1.29 is 4.92 Å². The zero-order valence-electron chi connectivity index (χ0n) is 10.9. The maximum atomic E-state index is 11.0. The van der Waals surface area contributed by atoms with Gasteiger partial charge in [0, 0.05) is 6.54 Å². The molecule has 1 N–H and O–H groups in total. The predicted molar refractivity (Wildman–Crippen MR) is 71.5 cm³/mol. The maximum absolute atomic E-state index is 11.0. The van der Waals surface area contributed by atoms with Crippen LogP contribution in [0, 0.1) is 17.0 Å². The number of rotatable bonds is 5. The van der Waals surface area contributed by atoms with Gasteiger partial charge in [0.15, 0.2) is 5.82 Å². The van der Waals surface area contributed by atoms with E-state index in [9.17, 15) is 10.1 Å². The highest BCUT2D eigenvalue weighted by molar-refractivity contribution is 6.28. The Balaban J connectivity index is 2.27. The third-order valence-electron chi connectivity index (χ3n) is 2.66. The SMILES string of the molecule is CCn1cnnc1CNc1nc(Cl)nc(C)c1[N+](=O)[O-]. The van der Waals surface area contributed by atoms with Gasteiger partial charge in [0.1, 0.15) is 12.0 Å². The van der Waals surface area contributed by atoms with Crippen LogP contribution in [0.1, 0.15) is 18.4 Å². The van der Waals surface area contributed by atoms with Crippen LogP contribution < -0.4 is 5.32 Å². The van der Waals surface area contributed by atoms with Gasteiger partial charge in [0.2, 0.25) is 11.1 Å². The summed E-state index contributed by atoms with van der Waals surface area (Å²) in [5.41, 5.74) is 0.00595. The van der Waals surface area contributed by atoms with E-state index in [-0.39, 0.29) is 29.0 Å². The highest BCUT2D eigenvalue weighted by atomic mass is 35.5. The Bertz CT molecular complexity index is 643. The number of aromatic nitrogens is 5.